The zero-order valence-corrected chi connectivity index (χ0v) is 16.2. The number of benzene rings is 1. The van der Waals surface area contributed by atoms with Crippen molar-refractivity contribution < 1.29 is 18.7 Å². The van der Waals surface area contributed by atoms with Gasteiger partial charge in [-0.1, -0.05) is 20.8 Å². The second-order valence-electron chi connectivity index (χ2n) is 6.98. The molecule has 0 unspecified atom stereocenters. The number of carbonyl (C=O) groups is 2. The molecule has 1 fully saturated rings. The number of hydrogen-bond acceptors (Lipinski definition) is 5. The van der Waals surface area contributed by atoms with Crippen molar-refractivity contribution in [2.45, 2.75) is 26.8 Å². The van der Waals surface area contributed by atoms with Crippen LogP contribution in [0.15, 0.2) is 18.2 Å². The second-order valence-corrected chi connectivity index (χ2v) is 6.98. The summed E-state index contributed by atoms with van der Waals surface area (Å²) >= 11 is 0. The molecule has 1 aromatic rings. The van der Waals surface area contributed by atoms with E-state index in [1.54, 1.807) is 6.07 Å². The Morgan fingerprint density at radius 2 is 2.19 bits per heavy atom. The fourth-order valence-corrected chi connectivity index (χ4v) is 3.15. The maximum atomic E-state index is 14.5. The number of nitrogens with two attached hydrogens (primary N) is 1. The standard InChI is InChI=1S/C19H29FN4O3/c1-4-23(11-13(2)3)17(10-21)19(26)22-16-6-5-14(9-15(16)20)24-7-8-27-12-18(24)25/h5-6,9,13,17H,4,7-8,10-12,21H2,1-3H3,(H,22,26)/t17-/m0/s1. The van der Waals surface area contributed by atoms with Crippen LogP contribution >= 0.6 is 0 Å². The number of carbonyl (C=O) groups excluding carboxylic acids is 2. The lowest BCUT2D eigenvalue weighted by atomic mass is 10.1. The maximum absolute atomic E-state index is 14.5. The van der Waals surface area contributed by atoms with E-state index in [4.69, 9.17) is 10.5 Å². The Bertz CT molecular complexity index is 668. The van der Waals surface area contributed by atoms with Crippen molar-refractivity contribution in [2.75, 3.05) is 49.6 Å². The SMILES string of the molecule is CCN(CC(C)C)[C@@H](CN)C(=O)Nc1ccc(N2CCOCC2=O)cc1F. The van der Waals surface area contributed by atoms with Crippen LogP contribution in [0.5, 0.6) is 0 Å². The number of morpholine rings is 1. The highest BCUT2D eigenvalue weighted by Crippen LogP contribution is 2.23. The molecule has 1 heterocycles. The Labute approximate surface area is 159 Å². The Hall–Kier alpha value is -2.03. The van der Waals surface area contributed by atoms with E-state index in [0.717, 1.165) is 6.54 Å². The van der Waals surface area contributed by atoms with Crippen molar-refractivity contribution in [2.24, 2.45) is 11.7 Å². The average molecular weight is 380 g/mol. The average Bonchev–Trinajstić information content (AvgIpc) is 2.63. The van der Waals surface area contributed by atoms with Gasteiger partial charge in [-0.2, -0.15) is 0 Å². The first-order valence-corrected chi connectivity index (χ1v) is 9.30. The van der Waals surface area contributed by atoms with E-state index in [-0.39, 0.29) is 30.7 Å². The Balaban J connectivity index is 2.11. The number of ether oxygens (including phenoxy) is 1. The summed E-state index contributed by atoms with van der Waals surface area (Å²) in [5.74, 6) is -0.765. The fraction of sp³-hybridized carbons (Fsp3) is 0.579. The van der Waals surface area contributed by atoms with Crippen molar-refractivity contribution in [3.8, 4) is 0 Å². The van der Waals surface area contributed by atoms with E-state index in [0.29, 0.717) is 31.3 Å². The number of halogens is 1. The van der Waals surface area contributed by atoms with Crippen LogP contribution in [0.3, 0.4) is 0 Å². The zero-order chi connectivity index (χ0) is 20.0. The van der Waals surface area contributed by atoms with E-state index in [2.05, 4.69) is 19.2 Å². The molecule has 0 aliphatic carbocycles. The van der Waals surface area contributed by atoms with Gasteiger partial charge in [-0.25, -0.2) is 4.39 Å². The first-order valence-electron chi connectivity index (χ1n) is 9.30. The highest BCUT2D eigenvalue weighted by atomic mass is 19.1. The minimum absolute atomic E-state index is 0.0129. The van der Waals surface area contributed by atoms with Crippen molar-refractivity contribution >= 4 is 23.2 Å². The number of likely N-dealkylation sites (N-methyl/N-ethyl adjacent to an activating group) is 1. The molecular weight excluding hydrogens is 351 g/mol. The molecule has 1 saturated heterocycles. The lowest BCUT2D eigenvalue weighted by molar-refractivity contribution is -0.125. The zero-order valence-electron chi connectivity index (χ0n) is 16.2. The van der Waals surface area contributed by atoms with Crippen molar-refractivity contribution in [3.05, 3.63) is 24.0 Å². The smallest absolute Gasteiger partial charge is 0.253 e. The third-order valence-corrected chi connectivity index (χ3v) is 4.48. The lowest BCUT2D eigenvalue weighted by Gasteiger charge is -2.30. The quantitative estimate of drug-likeness (QED) is 0.712. The third kappa shape index (κ3) is 5.47. The fourth-order valence-electron chi connectivity index (χ4n) is 3.15. The van der Waals surface area contributed by atoms with Gasteiger partial charge in [0, 0.05) is 25.3 Å². The van der Waals surface area contributed by atoms with Gasteiger partial charge >= 0.3 is 0 Å². The van der Waals surface area contributed by atoms with Crippen LogP contribution in [-0.2, 0) is 14.3 Å². The molecule has 8 heteroatoms. The van der Waals surface area contributed by atoms with Crippen molar-refractivity contribution in [3.63, 3.8) is 0 Å². The number of hydrogen-bond donors (Lipinski definition) is 2. The van der Waals surface area contributed by atoms with Crippen molar-refractivity contribution in [1.82, 2.24) is 4.90 Å². The summed E-state index contributed by atoms with van der Waals surface area (Å²) in [5, 5.41) is 2.63. The van der Waals surface area contributed by atoms with Crippen LogP contribution in [-0.4, -0.2) is 62.1 Å². The molecular formula is C19H29FN4O3. The van der Waals surface area contributed by atoms with Gasteiger partial charge in [0.1, 0.15) is 18.5 Å². The largest absolute Gasteiger partial charge is 0.370 e. The number of nitrogens with zero attached hydrogens (tertiary/aromatic N) is 2. The Kier molecular flexibility index (Phi) is 7.70. The molecule has 0 radical (unpaired) electrons. The first kappa shape index (κ1) is 21.3. The predicted molar refractivity (Wildman–Crippen MR) is 103 cm³/mol. The highest BCUT2D eigenvalue weighted by Gasteiger charge is 2.26. The molecule has 2 rings (SSSR count). The molecule has 150 valence electrons. The van der Waals surface area contributed by atoms with E-state index < -0.39 is 11.9 Å². The summed E-state index contributed by atoms with van der Waals surface area (Å²) in [4.78, 5) is 28.0. The number of rotatable bonds is 8. The minimum atomic E-state index is -0.595. The molecule has 1 atom stereocenters. The monoisotopic (exact) mass is 380 g/mol. The Morgan fingerprint density at radius 3 is 2.74 bits per heavy atom. The predicted octanol–water partition coefficient (Wildman–Crippen LogP) is 1.43. The van der Waals surface area contributed by atoms with E-state index in [1.165, 1.54) is 17.0 Å². The van der Waals surface area contributed by atoms with Gasteiger partial charge in [0.15, 0.2) is 0 Å². The van der Waals surface area contributed by atoms with Gasteiger partial charge in [0.05, 0.1) is 12.3 Å². The molecule has 1 aliphatic rings. The molecule has 2 amide bonds. The van der Waals surface area contributed by atoms with Gasteiger partial charge in [-0.15, -0.1) is 0 Å². The second kappa shape index (κ2) is 9.77. The summed E-state index contributed by atoms with van der Waals surface area (Å²) in [5.41, 5.74) is 6.32. The summed E-state index contributed by atoms with van der Waals surface area (Å²) in [6.07, 6.45) is 0. The molecule has 1 aromatic carbocycles. The van der Waals surface area contributed by atoms with E-state index >= 15 is 0 Å². The van der Waals surface area contributed by atoms with Gasteiger partial charge in [-0.3, -0.25) is 14.5 Å². The molecule has 0 saturated carbocycles. The molecule has 7 nitrogen and oxygen atoms in total. The lowest BCUT2D eigenvalue weighted by Crippen LogP contribution is -2.49. The van der Waals surface area contributed by atoms with E-state index in [1.807, 2.05) is 11.8 Å². The number of amides is 2. The molecule has 27 heavy (non-hydrogen) atoms. The molecule has 0 aromatic heterocycles. The van der Waals surface area contributed by atoms with Crippen LogP contribution in [0.25, 0.3) is 0 Å². The molecule has 1 aliphatic heterocycles. The summed E-state index contributed by atoms with van der Waals surface area (Å²) in [6.45, 7) is 8.42. The van der Waals surface area contributed by atoms with Crippen LogP contribution in [0.4, 0.5) is 15.8 Å². The van der Waals surface area contributed by atoms with Crippen LogP contribution in [0, 0.1) is 11.7 Å². The number of anilines is 2. The number of nitrogens with one attached hydrogen (secondary N) is 1. The molecule has 3 N–H and O–H groups in total. The summed E-state index contributed by atoms with van der Waals surface area (Å²) in [6, 6.07) is 3.81. The van der Waals surface area contributed by atoms with Gasteiger partial charge < -0.3 is 20.7 Å². The molecule has 0 spiro atoms. The van der Waals surface area contributed by atoms with Gasteiger partial charge in [0.2, 0.25) is 5.91 Å². The van der Waals surface area contributed by atoms with E-state index in [9.17, 15) is 14.0 Å². The van der Waals surface area contributed by atoms with Gasteiger partial charge in [-0.05, 0) is 30.7 Å². The maximum Gasteiger partial charge on any atom is 0.253 e. The highest BCUT2D eigenvalue weighted by molar-refractivity contribution is 5.97. The third-order valence-electron chi connectivity index (χ3n) is 4.48. The summed E-state index contributed by atoms with van der Waals surface area (Å²) in [7, 11) is 0. The van der Waals surface area contributed by atoms with Crippen LogP contribution < -0.4 is 16.0 Å². The summed E-state index contributed by atoms with van der Waals surface area (Å²) < 4.78 is 19.6. The minimum Gasteiger partial charge on any atom is -0.370 e. The molecule has 0 bridgehead atoms. The van der Waals surface area contributed by atoms with Crippen LogP contribution in [0.1, 0.15) is 20.8 Å². The van der Waals surface area contributed by atoms with Crippen molar-refractivity contribution in [1.29, 1.82) is 0 Å². The topological polar surface area (TPSA) is 87.9 Å². The van der Waals surface area contributed by atoms with Gasteiger partial charge in [0.25, 0.3) is 5.91 Å². The first-order chi connectivity index (χ1) is 12.9. The normalized spacial score (nSPS) is 16.1. The van der Waals surface area contributed by atoms with Crippen LogP contribution in [0.2, 0.25) is 0 Å². The Morgan fingerprint density at radius 1 is 1.44 bits per heavy atom.